The molecule has 1 aromatic carbocycles. The maximum absolute atomic E-state index is 12.2. The molecule has 100 valence electrons. The highest BCUT2D eigenvalue weighted by Gasteiger charge is 2.29. The number of rotatable bonds is 5. The van der Waals surface area contributed by atoms with Crippen LogP contribution in [-0.2, 0) is 16.6 Å². The molecule has 0 fully saturated rings. The number of carbonyl (C=O) groups excluding carboxylic acids is 1. The molecule has 1 amide bonds. The van der Waals surface area contributed by atoms with Gasteiger partial charge in [0.2, 0.25) is 5.91 Å². The van der Waals surface area contributed by atoms with E-state index >= 15 is 0 Å². The monoisotopic (exact) mass is 258 g/mol. The predicted molar refractivity (Wildman–Crippen MR) is 72.6 cm³/mol. The molecule has 0 saturated carbocycles. The molecular formula is C14H18N4O. The van der Waals surface area contributed by atoms with Crippen LogP contribution < -0.4 is 5.32 Å². The van der Waals surface area contributed by atoms with Crippen LogP contribution in [-0.4, -0.2) is 27.6 Å². The van der Waals surface area contributed by atoms with Gasteiger partial charge in [-0.25, -0.2) is 4.98 Å². The molecule has 5 nitrogen and oxygen atoms in total. The number of aromatic amines is 1. The number of nitrogens with zero attached hydrogens (tertiary/aromatic N) is 2. The Labute approximate surface area is 112 Å². The zero-order valence-corrected chi connectivity index (χ0v) is 11.2. The van der Waals surface area contributed by atoms with E-state index in [9.17, 15) is 4.79 Å². The van der Waals surface area contributed by atoms with Gasteiger partial charge >= 0.3 is 0 Å². The zero-order valence-electron chi connectivity index (χ0n) is 11.2. The average molecular weight is 258 g/mol. The van der Waals surface area contributed by atoms with Crippen molar-refractivity contribution in [1.29, 1.82) is 0 Å². The highest BCUT2D eigenvalue weighted by Crippen LogP contribution is 2.22. The molecule has 2 aromatic rings. The summed E-state index contributed by atoms with van der Waals surface area (Å²) in [5.74, 6) is 0.788. The number of hydrogen-bond acceptors (Lipinski definition) is 3. The Morgan fingerprint density at radius 1 is 1.32 bits per heavy atom. The van der Waals surface area contributed by atoms with Crippen molar-refractivity contribution in [3.8, 4) is 0 Å². The predicted octanol–water partition coefficient (Wildman–Crippen LogP) is 1.44. The lowest BCUT2D eigenvalue weighted by Gasteiger charge is -2.24. The molecule has 0 bridgehead atoms. The summed E-state index contributed by atoms with van der Waals surface area (Å²) in [6.07, 6.45) is 2.11. The first-order valence-corrected chi connectivity index (χ1v) is 6.29. The summed E-state index contributed by atoms with van der Waals surface area (Å²) in [5, 5.41) is 9.47. The number of amides is 1. The number of nitrogens with one attached hydrogen (secondary N) is 2. The molecular weight excluding hydrogens is 240 g/mol. The molecule has 2 rings (SSSR count). The summed E-state index contributed by atoms with van der Waals surface area (Å²) in [6, 6.07) is 9.77. The molecule has 0 unspecified atom stereocenters. The summed E-state index contributed by atoms with van der Waals surface area (Å²) in [5.41, 5.74) is 0.468. The minimum Gasteiger partial charge on any atom is -0.355 e. The minimum atomic E-state index is -0.539. The van der Waals surface area contributed by atoms with E-state index in [-0.39, 0.29) is 5.91 Å². The fourth-order valence-corrected chi connectivity index (χ4v) is 1.85. The van der Waals surface area contributed by atoms with Crippen LogP contribution in [0, 0.1) is 0 Å². The first-order chi connectivity index (χ1) is 9.10. The van der Waals surface area contributed by atoms with Crippen LogP contribution >= 0.6 is 0 Å². The normalized spacial score (nSPS) is 11.3. The molecule has 1 heterocycles. The molecule has 0 spiro atoms. The van der Waals surface area contributed by atoms with E-state index < -0.39 is 5.41 Å². The molecule has 0 radical (unpaired) electrons. The van der Waals surface area contributed by atoms with Crippen molar-refractivity contribution in [2.24, 2.45) is 0 Å². The number of carbonyl (C=O) groups is 1. The first kappa shape index (κ1) is 13.3. The zero-order chi connectivity index (χ0) is 13.7. The van der Waals surface area contributed by atoms with Gasteiger partial charge in [-0.2, -0.15) is 5.10 Å². The van der Waals surface area contributed by atoms with Crippen molar-refractivity contribution in [2.45, 2.75) is 25.7 Å². The van der Waals surface area contributed by atoms with E-state index in [1.165, 1.54) is 6.33 Å². The van der Waals surface area contributed by atoms with Gasteiger partial charge in [0.15, 0.2) is 0 Å². The molecule has 0 atom stereocenters. The van der Waals surface area contributed by atoms with Crippen LogP contribution in [0.4, 0.5) is 0 Å². The van der Waals surface area contributed by atoms with Crippen molar-refractivity contribution < 1.29 is 4.79 Å². The third kappa shape index (κ3) is 3.19. The maximum atomic E-state index is 12.2. The van der Waals surface area contributed by atoms with Gasteiger partial charge in [-0.1, -0.05) is 30.3 Å². The van der Waals surface area contributed by atoms with E-state index in [2.05, 4.69) is 20.5 Å². The summed E-state index contributed by atoms with van der Waals surface area (Å²) in [4.78, 5) is 16.3. The van der Waals surface area contributed by atoms with Crippen LogP contribution in [0.15, 0.2) is 36.7 Å². The van der Waals surface area contributed by atoms with Crippen LogP contribution in [0.25, 0.3) is 0 Å². The fourth-order valence-electron chi connectivity index (χ4n) is 1.85. The lowest BCUT2D eigenvalue weighted by atomic mass is 9.84. The Kier molecular flexibility index (Phi) is 3.94. The standard InChI is InChI=1S/C14H18N4O/c1-14(2,11-6-4-3-5-7-11)13(19)15-9-8-12-16-10-17-18-12/h3-7,10H,8-9H2,1-2H3,(H,15,19)(H,16,17,18). The third-order valence-corrected chi connectivity index (χ3v) is 3.18. The second-order valence-electron chi connectivity index (χ2n) is 4.93. The van der Waals surface area contributed by atoms with Gasteiger partial charge in [0.1, 0.15) is 12.2 Å². The minimum absolute atomic E-state index is 0.0122. The fraction of sp³-hybridized carbons (Fsp3) is 0.357. The quantitative estimate of drug-likeness (QED) is 0.852. The van der Waals surface area contributed by atoms with Gasteiger partial charge in [0.25, 0.3) is 0 Å². The highest BCUT2D eigenvalue weighted by molar-refractivity contribution is 5.87. The molecule has 0 aliphatic heterocycles. The molecule has 0 aliphatic rings. The van der Waals surface area contributed by atoms with Crippen LogP contribution in [0.3, 0.4) is 0 Å². The average Bonchev–Trinajstić information content (AvgIpc) is 2.93. The lowest BCUT2D eigenvalue weighted by Crippen LogP contribution is -2.40. The van der Waals surface area contributed by atoms with Crippen molar-refractivity contribution in [3.63, 3.8) is 0 Å². The number of aromatic nitrogens is 3. The Hall–Kier alpha value is -2.17. The van der Waals surface area contributed by atoms with Crippen LogP contribution in [0.5, 0.6) is 0 Å². The van der Waals surface area contributed by atoms with Gasteiger partial charge in [0.05, 0.1) is 5.41 Å². The van der Waals surface area contributed by atoms with E-state index in [0.717, 1.165) is 11.4 Å². The van der Waals surface area contributed by atoms with Gasteiger partial charge < -0.3 is 5.32 Å². The lowest BCUT2D eigenvalue weighted by molar-refractivity contribution is -0.125. The van der Waals surface area contributed by atoms with Crippen LogP contribution in [0.1, 0.15) is 25.2 Å². The maximum Gasteiger partial charge on any atom is 0.230 e. The van der Waals surface area contributed by atoms with Gasteiger partial charge in [-0.15, -0.1) is 0 Å². The topological polar surface area (TPSA) is 70.7 Å². The molecule has 0 aliphatic carbocycles. The summed E-state index contributed by atoms with van der Waals surface area (Å²) in [7, 11) is 0. The molecule has 2 N–H and O–H groups in total. The van der Waals surface area contributed by atoms with Gasteiger partial charge in [-0.3, -0.25) is 9.89 Å². The Bertz CT molecular complexity index is 520. The van der Waals surface area contributed by atoms with Gasteiger partial charge in [0, 0.05) is 13.0 Å². The second-order valence-corrected chi connectivity index (χ2v) is 4.93. The van der Waals surface area contributed by atoms with E-state index in [4.69, 9.17) is 0 Å². The number of benzene rings is 1. The summed E-state index contributed by atoms with van der Waals surface area (Å²) >= 11 is 0. The number of hydrogen-bond donors (Lipinski definition) is 2. The van der Waals surface area contributed by atoms with E-state index in [0.29, 0.717) is 13.0 Å². The SMILES string of the molecule is CC(C)(C(=O)NCCc1ncn[nH]1)c1ccccc1. The molecule has 0 saturated heterocycles. The summed E-state index contributed by atoms with van der Waals surface area (Å²) < 4.78 is 0. The first-order valence-electron chi connectivity index (χ1n) is 6.29. The molecule has 19 heavy (non-hydrogen) atoms. The third-order valence-electron chi connectivity index (χ3n) is 3.18. The highest BCUT2D eigenvalue weighted by atomic mass is 16.2. The Morgan fingerprint density at radius 2 is 2.05 bits per heavy atom. The van der Waals surface area contributed by atoms with E-state index in [1.54, 1.807) is 0 Å². The smallest absolute Gasteiger partial charge is 0.230 e. The Morgan fingerprint density at radius 3 is 2.68 bits per heavy atom. The molecule has 5 heteroatoms. The van der Waals surface area contributed by atoms with E-state index in [1.807, 2.05) is 44.2 Å². The van der Waals surface area contributed by atoms with Crippen molar-refractivity contribution >= 4 is 5.91 Å². The second kappa shape index (κ2) is 5.65. The number of H-pyrrole nitrogens is 1. The van der Waals surface area contributed by atoms with Crippen molar-refractivity contribution in [2.75, 3.05) is 6.54 Å². The van der Waals surface area contributed by atoms with Crippen LogP contribution in [0.2, 0.25) is 0 Å². The largest absolute Gasteiger partial charge is 0.355 e. The summed E-state index contributed by atoms with van der Waals surface area (Å²) in [6.45, 7) is 4.39. The van der Waals surface area contributed by atoms with Gasteiger partial charge in [-0.05, 0) is 19.4 Å². The molecule has 1 aromatic heterocycles. The Balaban J connectivity index is 1.92. The van der Waals surface area contributed by atoms with Crippen molar-refractivity contribution in [1.82, 2.24) is 20.5 Å². The van der Waals surface area contributed by atoms with Crippen molar-refractivity contribution in [3.05, 3.63) is 48.0 Å².